The van der Waals surface area contributed by atoms with Crippen molar-refractivity contribution < 1.29 is 13.9 Å². The van der Waals surface area contributed by atoms with Crippen LogP contribution in [-0.4, -0.2) is 13.1 Å². The van der Waals surface area contributed by atoms with Crippen LogP contribution in [0.1, 0.15) is 5.56 Å². The zero-order chi connectivity index (χ0) is 10.6. The average molecular weight is 262 g/mol. The Morgan fingerprint density at radius 3 is 3.00 bits per heavy atom. The molecule has 0 aliphatic rings. The van der Waals surface area contributed by atoms with Gasteiger partial charge in [-0.1, -0.05) is 15.9 Å². The molecule has 1 aromatic rings. The van der Waals surface area contributed by atoms with Gasteiger partial charge in [0.2, 0.25) is 0 Å². The molecule has 14 heavy (non-hydrogen) atoms. The van der Waals surface area contributed by atoms with E-state index in [1.807, 2.05) is 0 Å². The number of hydrogen-bond acceptors (Lipinski definition) is 2. The van der Waals surface area contributed by atoms with E-state index in [0.717, 1.165) is 0 Å². The van der Waals surface area contributed by atoms with Gasteiger partial charge in [0, 0.05) is 17.1 Å². The number of alkyl carbamates (subject to hydrolysis) is 1. The molecule has 0 saturated carbocycles. The Morgan fingerprint density at radius 1 is 1.64 bits per heavy atom. The Labute approximate surface area is 89.4 Å². The van der Waals surface area contributed by atoms with Gasteiger partial charge in [-0.15, -0.1) is 0 Å². The van der Waals surface area contributed by atoms with Gasteiger partial charge in [-0.05, 0) is 18.2 Å². The van der Waals surface area contributed by atoms with E-state index in [1.54, 1.807) is 6.07 Å². The first-order chi connectivity index (χ1) is 6.63. The van der Waals surface area contributed by atoms with Gasteiger partial charge in [-0.3, -0.25) is 0 Å². The van der Waals surface area contributed by atoms with E-state index >= 15 is 0 Å². The fourth-order valence-corrected chi connectivity index (χ4v) is 1.23. The van der Waals surface area contributed by atoms with Crippen LogP contribution in [0.15, 0.2) is 22.7 Å². The van der Waals surface area contributed by atoms with Crippen molar-refractivity contribution in [3.05, 3.63) is 34.1 Å². The van der Waals surface area contributed by atoms with Gasteiger partial charge in [-0.2, -0.15) is 0 Å². The minimum atomic E-state index is -0.541. The number of halogens is 2. The molecule has 0 heterocycles. The second-order valence-electron chi connectivity index (χ2n) is 2.56. The first-order valence-corrected chi connectivity index (χ1v) is 4.71. The van der Waals surface area contributed by atoms with Gasteiger partial charge in [-0.25, -0.2) is 9.18 Å². The van der Waals surface area contributed by atoms with Crippen molar-refractivity contribution in [3.63, 3.8) is 0 Å². The third-order valence-corrected chi connectivity index (χ3v) is 2.34. The Balaban J connectivity index is 2.66. The molecule has 0 aliphatic heterocycles. The van der Waals surface area contributed by atoms with Crippen LogP contribution in [0.5, 0.6) is 0 Å². The van der Waals surface area contributed by atoms with Crippen molar-refractivity contribution in [3.8, 4) is 0 Å². The van der Waals surface area contributed by atoms with Gasteiger partial charge in [0.05, 0.1) is 0 Å². The van der Waals surface area contributed by atoms with E-state index in [4.69, 9.17) is 4.74 Å². The highest BCUT2D eigenvalue weighted by Gasteiger charge is 2.04. The molecule has 5 heteroatoms. The third-order valence-electron chi connectivity index (χ3n) is 1.57. The molecule has 0 saturated heterocycles. The van der Waals surface area contributed by atoms with Crippen LogP contribution in [-0.2, 0) is 11.3 Å². The molecule has 0 aromatic heterocycles. The van der Waals surface area contributed by atoms with E-state index in [-0.39, 0.29) is 12.4 Å². The number of nitrogens with one attached hydrogen (secondary N) is 1. The molecule has 0 bridgehead atoms. The zero-order valence-electron chi connectivity index (χ0n) is 7.51. The van der Waals surface area contributed by atoms with E-state index in [2.05, 4.69) is 21.2 Å². The minimum absolute atomic E-state index is 0.0397. The van der Waals surface area contributed by atoms with Crippen molar-refractivity contribution in [2.24, 2.45) is 0 Å². The number of carbonyl (C=O) groups is 1. The summed E-state index contributed by atoms with van der Waals surface area (Å²) in [6.07, 6.45) is -0.541. The summed E-state index contributed by atoms with van der Waals surface area (Å²) in [6, 6.07) is 4.21. The van der Waals surface area contributed by atoms with E-state index < -0.39 is 6.09 Å². The lowest BCUT2D eigenvalue weighted by Crippen LogP contribution is -2.18. The zero-order valence-corrected chi connectivity index (χ0v) is 9.10. The van der Waals surface area contributed by atoms with Crippen LogP contribution in [0.4, 0.5) is 9.18 Å². The Morgan fingerprint density at radius 2 is 2.36 bits per heavy atom. The summed E-state index contributed by atoms with van der Waals surface area (Å²) in [4.78, 5) is 10.7. The van der Waals surface area contributed by atoms with Crippen molar-refractivity contribution in [1.82, 2.24) is 5.32 Å². The lowest BCUT2D eigenvalue weighted by atomic mass is 10.2. The van der Waals surface area contributed by atoms with Gasteiger partial charge in [0.15, 0.2) is 0 Å². The second-order valence-corrected chi connectivity index (χ2v) is 3.42. The number of benzene rings is 1. The Bertz CT molecular complexity index is 344. The Hall–Kier alpha value is -1.10. The van der Waals surface area contributed by atoms with Crippen LogP contribution in [0, 0.1) is 5.82 Å². The molecule has 0 aliphatic carbocycles. The highest BCUT2D eigenvalue weighted by molar-refractivity contribution is 9.10. The van der Waals surface area contributed by atoms with Crippen molar-refractivity contribution in [2.75, 3.05) is 7.05 Å². The molecular weight excluding hydrogens is 253 g/mol. The van der Waals surface area contributed by atoms with Crippen molar-refractivity contribution in [1.29, 1.82) is 0 Å². The maximum Gasteiger partial charge on any atom is 0.407 e. The number of carbonyl (C=O) groups excluding carboxylic acids is 1. The molecule has 0 radical (unpaired) electrons. The SMILES string of the molecule is CNC(=O)OCc1cc(F)ccc1Br. The number of ether oxygens (including phenoxy) is 1. The van der Waals surface area contributed by atoms with Crippen LogP contribution in [0.3, 0.4) is 0 Å². The second kappa shape index (κ2) is 4.95. The third kappa shape index (κ3) is 2.99. The first kappa shape index (κ1) is 11.0. The smallest absolute Gasteiger partial charge is 0.407 e. The largest absolute Gasteiger partial charge is 0.445 e. The fourth-order valence-electron chi connectivity index (χ4n) is 0.869. The molecule has 0 atom stereocenters. The molecule has 0 unspecified atom stereocenters. The molecule has 0 spiro atoms. The number of rotatable bonds is 2. The quantitative estimate of drug-likeness (QED) is 0.888. The number of hydrogen-bond donors (Lipinski definition) is 1. The van der Waals surface area contributed by atoms with Crippen molar-refractivity contribution >= 4 is 22.0 Å². The molecule has 1 amide bonds. The maximum absolute atomic E-state index is 12.8. The highest BCUT2D eigenvalue weighted by atomic mass is 79.9. The summed E-state index contributed by atoms with van der Waals surface area (Å²) >= 11 is 3.22. The van der Waals surface area contributed by atoms with E-state index in [1.165, 1.54) is 19.2 Å². The number of amides is 1. The van der Waals surface area contributed by atoms with E-state index in [9.17, 15) is 9.18 Å². The summed E-state index contributed by atoms with van der Waals surface area (Å²) in [5, 5.41) is 2.30. The summed E-state index contributed by atoms with van der Waals surface area (Å²) in [5.41, 5.74) is 0.591. The average Bonchev–Trinajstić information content (AvgIpc) is 2.19. The van der Waals surface area contributed by atoms with Gasteiger partial charge in [0.25, 0.3) is 0 Å². The molecule has 76 valence electrons. The van der Waals surface area contributed by atoms with Crippen LogP contribution in [0.2, 0.25) is 0 Å². The molecule has 1 rings (SSSR count). The van der Waals surface area contributed by atoms with Crippen molar-refractivity contribution in [2.45, 2.75) is 6.61 Å². The monoisotopic (exact) mass is 261 g/mol. The standard InChI is InChI=1S/C9H9BrFNO2/c1-12-9(13)14-5-6-4-7(11)2-3-8(6)10/h2-4H,5H2,1H3,(H,12,13). The van der Waals surface area contributed by atoms with Gasteiger partial charge in [0.1, 0.15) is 12.4 Å². The minimum Gasteiger partial charge on any atom is -0.445 e. The summed E-state index contributed by atoms with van der Waals surface area (Å²) < 4.78 is 18.3. The van der Waals surface area contributed by atoms with Gasteiger partial charge >= 0.3 is 6.09 Å². The normalized spacial score (nSPS) is 9.64. The maximum atomic E-state index is 12.8. The molecule has 1 N–H and O–H groups in total. The lowest BCUT2D eigenvalue weighted by Gasteiger charge is -2.05. The topological polar surface area (TPSA) is 38.3 Å². The summed E-state index contributed by atoms with van der Waals surface area (Å²) in [7, 11) is 1.46. The molecule has 0 fully saturated rings. The van der Waals surface area contributed by atoms with Crippen LogP contribution >= 0.6 is 15.9 Å². The van der Waals surface area contributed by atoms with Crippen LogP contribution in [0.25, 0.3) is 0 Å². The van der Waals surface area contributed by atoms with Gasteiger partial charge < -0.3 is 10.1 Å². The highest BCUT2D eigenvalue weighted by Crippen LogP contribution is 2.18. The predicted molar refractivity (Wildman–Crippen MR) is 53.3 cm³/mol. The molecule has 3 nitrogen and oxygen atoms in total. The molecular formula is C9H9BrFNO2. The summed E-state index contributed by atoms with van der Waals surface area (Å²) in [6.45, 7) is 0.0397. The predicted octanol–water partition coefficient (Wildman–Crippen LogP) is 2.44. The van der Waals surface area contributed by atoms with E-state index in [0.29, 0.717) is 10.0 Å². The Kier molecular flexibility index (Phi) is 3.88. The first-order valence-electron chi connectivity index (χ1n) is 3.92. The summed E-state index contributed by atoms with van der Waals surface area (Å²) in [5.74, 6) is -0.358. The lowest BCUT2D eigenvalue weighted by molar-refractivity contribution is 0.141. The molecule has 1 aromatic carbocycles. The fraction of sp³-hybridized carbons (Fsp3) is 0.222. The van der Waals surface area contributed by atoms with Crippen LogP contribution < -0.4 is 5.32 Å².